The van der Waals surface area contributed by atoms with Gasteiger partial charge in [0.25, 0.3) is 5.91 Å². The molecule has 0 atom stereocenters. The molecule has 2 rings (SSSR count). The van der Waals surface area contributed by atoms with Gasteiger partial charge in [-0.05, 0) is 76.1 Å². The first-order chi connectivity index (χ1) is 15.6. The van der Waals surface area contributed by atoms with Crippen molar-refractivity contribution in [2.75, 3.05) is 18.9 Å². The lowest BCUT2D eigenvalue weighted by Gasteiger charge is -2.08. The molecule has 1 aromatic heterocycles. The summed E-state index contributed by atoms with van der Waals surface area (Å²) in [5, 5.41) is 3.26. The highest BCUT2D eigenvalue weighted by molar-refractivity contribution is 7.99. The lowest BCUT2D eigenvalue weighted by atomic mass is 10.1. The number of nitrogens with one attached hydrogen (secondary N) is 1. The third-order valence-corrected chi connectivity index (χ3v) is 5.54. The zero-order valence-corrected chi connectivity index (χ0v) is 19.9. The van der Waals surface area contributed by atoms with Gasteiger partial charge in [0.15, 0.2) is 0 Å². The van der Waals surface area contributed by atoms with E-state index in [1.54, 1.807) is 24.3 Å². The first-order valence-corrected chi connectivity index (χ1v) is 11.6. The van der Waals surface area contributed by atoms with E-state index in [4.69, 9.17) is 4.74 Å². The number of hydrogen-bond acceptors (Lipinski definition) is 4. The Bertz CT molecular complexity index is 949. The Morgan fingerprint density at radius 1 is 1.09 bits per heavy atom. The minimum absolute atomic E-state index is 0.224. The largest absolute Gasteiger partial charge is 0.490 e. The number of benzene rings is 1. The number of thioether (sulfide) groups is 1. The normalized spacial score (nSPS) is 11.8. The fourth-order valence-electron chi connectivity index (χ4n) is 2.73. The third-order valence-electron chi connectivity index (χ3n) is 4.59. The summed E-state index contributed by atoms with van der Waals surface area (Å²) in [6.45, 7) is 7.10. The van der Waals surface area contributed by atoms with Crippen molar-refractivity contribution in [3.05, 3.63) is 77.0 Å². The van der Waals surface area contributed by atoms with Crippen LogP contribution >= 0.6 is 11.8 Å². The van der Waals surface area contributed by atoms with Gasteiger partial charge in [-0.25, -0.2) is 4.98 Å². The molecule has 2 aromatic rings. The number of allylic oxidation sites excluding steroid dienone is 3. The number of amides is 1. The molecule has 178 valence electrons. The maximum atomic E-state index is 12.6. The van der Waals surface area contributed by atoms with Crippen molar-refractivity contribution in [1.29, 1.82) is 0 Å². The van der Waals surface area contributed by atoms with Crippen molar-refractivity contribution in [3.8, 4) is 5.75 Å². The van der Waals surface area contributed by atoms with Gasteiger partial charge in [0.1, 0.15) is 12.4 Å². The van der Waals surface area contributed by atoms with E-state index < -0.39 is 11.7 Å². The molecule has 33 heavy (non-hydrogen) atoms. The van der Waals surface area contributed by atoms with E-state index in [2.05, 4.69) is 43.2 Å². The molecule has 0 aliphatic heterocycles. The topological polar surface area (TPSA) is 51.2 Å². The van der Waals surface area contributed by atoms with Crippen molar-refractivity contribution < 1.29 is 22.7 Å². The second-order valence-corrected chi connectivity index (χ2v) is 8.81. The quantitative estimate of drug-likeness (QED) is 0.222. The van der Waals surface area contributed by atoms with Crippen LogP contribution in [0.3, 0.4) is 0 Å². The van der Waals surface area contributed by atoms with Crippen molar-refractivity contribution in [2.24, 2.45) is 0 Å². The maximum Gasteiger partial charge on any atom is 0.417 e. The highest BCUT2D eigenvalue weighted by Gasteiger charge is 2.30. The predicted molar refractivity (Wildman–Crippen MR) is 127 cm³/mol. The SMILES string of the molecule is CC(C)=CCC/C(C)=C/COc1ccc(C(=O)NCCSc2ccc(C(F)(F)F)cn2)cc1. The summed E-state index contributed by atoms with van der Waals surface area (Å²) in [7, 11) is 0. The van der Waals surface area contributed by atoms with Crippen LogP contribution in [0.25, 0.3) is 0 Å². The van der Waals surface area contributed by atoms with Crippen LogP contribution in [-0.4, -0.2) is 29.8 Å². The van der Waals surface area contributed by atoms with Gasteiger partial charge < -0.3 is 10.1 Å². The van der Waals surface area contributed by atoms with Gasteiger partial charge in [-0.3, -0.25) is 4.79 Å². The lowest BCUT2D eigenvalue weighted by Crippen LogP contribution is -2.25. The smallest absolute Gasteiger partial charge is 0.417 e. The Hall–Kier alpha value is -2.74. The van der Waals surface area contributed by atoms with Gasteiger partial charge >= 0.3 is 6.18 Å². The molecule has 0 saturated heterocycles. The Morgan fingerprint density at radius 3 is 2.42 bits per heavy atom. The first-order valence-electron chi connectivity index (χ1n) is 10.6. The Morgan fingerprint density at radius 2 is 1.82 bits per heavy atom. The molecule has 0 bridgehead atoms. The van der Waals surface area contributed by atoms with E-state index in [-0.39, 0.29) is 5.91 Å². The molecule has 1 amide bonds. The summed E-state index contributed by atoms with van der Waals surface area (Å²) >= 11 is 1.28. The standard InChI is InChI=1S/C25H29F3N2O2S/c1-18(2)5-4-6-19(3)13-15-32-22-10-7-20(8-11-22)24(31)29-14-16-33-23-12-9-21(17-30-23)25(26,27)28/h5,7-13,17H,4,6,14-16H2,1-3H3,(H,29,31)/b19-13+. The van der Waals surface area contributed by atoms with Crippen molar-refractivity contribution in [3.63, 3.8) is 0 Å². The van der Waals surface area contributed by atoms with Gasteiger partial charge in [-0.15, -0.1) is 11.8 Å². The van der Waals surface area contributed by atoms with Crippen molar-refractivity contribution >= 4 is 17.7 Å². The molecule has 0 spiro atoms. The monoisotopic (exact) mass is 478 g/mol. The van der Waals surface area contributed by atoms with Crippen LogP contribution in [0.1, 0.15) is 49.5 Å². The Balaban J connectivity index is 1.70. The van der Waals surface area contributed by atoms with E-state index in [0.717, 1.165) is 25.1 Å². The second-order valence-electron chi connectivity index (χ2n) is 7.69. The molecule has 0 aliphatic rings. The zero-order chi connectivity index (χ0) is 24.3. The molecule has 1 heterocycles. The maximum absolute atomic E-state index is 12.6. The Labute approximate surface area is 197 Å². The van der Waals surface area contributed by atoms with Crippen LogP contribution in [0.5, 0.6) is 5.75 Å². The van der Waals surface area contributed by atoms with Crippen LogP contribution in [0.4, 0.5) is 13.2 Å². The zero-order valence-electron chi connectivity index (χ0n) is 19.0. The van der Waals surface area contributed by atoms with Crippen LogP contribution in [0, 0.1) is 0 Å². The number of carbonyl (C=O) groups is 1. The molecule has 4 nitrogen and oxygen atoms in total. The molecule has 1 N–H and O–H groups in total. The van der Waals surface area contributed by atoms with Gasteiger partial charge in [0.05, 0.1) is 10.6 Å². The van der Waals surface area contributed by atoms with Gasteiger partial charge in [0.2, 0.25) is 0 Å². The number of hydrogen-bond donors (Lipinski definition) is 1. The number of halogens is 3. The number of carbonyl (C=O) groups excluding carboxylic acids is 1. The van der Waals surface area contributed by atoms with E-state index in [1.807, 2.05) is 0 Å². The van der Waals surface area contributed by atoms with E-state index >= 15 is 0 Å². The van der Waals surface area contributed by atoms with Crippen LogP contribution in [0.15, 0.2) is 70.9 Å². The number of nitrogens with zero attached hydrogens (tertiary/aromatic N) is 1. The summed E-state index contributed by atoms with van der Waals surface area (Å²) in [6.07, 6.45) is 2.71. The molecular formula is C25H29F3N2O2S. The summed E-state index contributed by atoms with van der Waals surface area (Å²) in [5.74, 6) is 0.950. The first kappa shape index (κ1) is 26.5. The van der Waals surface area contributed by atoms with Crippen LogP contribution < -0.4 is 10.1 Å². The predicted octanol–water partition coefficient (Wildman–Crippen LogP) is 6.69. The molecule has 0 aliphatic carbocycles. The number of aromatic nitrogens is 1. The van der Waals surface area contributed by atoms with Crippen LogP contribution in [-0.2, 0) is 6.18 Å². The summed E-state index contributed by atoms with van der Waals surface area (Å²) in [5.41, 5.74) is 2.32. The molecule has 0 saturated carbocycles. The van der Waals surface area contributed by atoms with Crippen LogP contribution in [0.2, 0.25) is 0 Å². The van der Waals surface area contributed by atoms with Crippen molar-refractivity contribution in [2.45, 2.75) is 44.8 Å². The average molecular weight is 479 g/mol. The van der Waals surface area contributed by atoms with E-state index in [1.165, 1.54) is 29.0 Å². The third kappa shape index (κ3) is 10.2. The molecule has 0 fully saturated rings. The highest BCUT2D eigenvalue weighted by Crippen LogP contribution is 2.29. The summed E-state index contributed by atoms with van der Waals surface area (Å²) < 4.78 is 43.4. The fraction of sp³-hybridized carbons (Fsp3) is 0.360. The Kier molecular flexibility index (Phi) is 10.5. The van der Waals surface area contributed by atoms with E-state index in [0.29, 0.717) is 35.2 Å². The molecule has 8 heteroatoms. The van der Waals surface area contributed by atoms with Crippen molar-refractivity contribution in [1.82, 2.24) is 10.3 Å². The summed E-state index contributed by atoms with van der Waals surface area (Å²) in [6, 6.07) is 9.22. The second kappa shape index (κ2) is 13.1. The number of rotatable bonds is 11. The molecule has 0 unspecified atom stereocenters. The van der Waals surface area contributed by atoms with Gasteiger partial charge in [-0.1, -0.05) is 17.2 Å². The minimum atomic E-state index is -4.40. The van der Waals surface area contributed by atoms with Gasteiger partial charge in [0, 0.05) is 24.1 Å². The number of ether oxygens (including phenoxy) is 1. The van der Waals surface area contributed by atoms with Gasteiger partial charge in [-0.2, -0.15) is 13.2 Å². The summed E-state index contributed by atoms with van der Waals surface area (Å²) in [4.78, 5) is 16.1. The molecule has 1 aromatic carbocycles. The minimum Gasteiger partial charge on any atom is -0.490 e. The highest BCUT2D eigenvalue weighted by atomic mass is 32.2. The number of pyridine rings is 1. The lowest BCUT2D eigenvalue weighted by molar-refractivity contribution is -0.137. The average Bonchev–Trinajstić information content (AvgIpc) is 2.76. The fourth-order valence-corrected chi connectivity index (χ4v) is 3.43. The van der Waals surface area contributed by atoms with E-state index in [9.17, 15) is 18.0 Å². The molecular weight excluding hydrogens is 449 g/mol. The number of alkyl halides is 3. The molecule has 0 radical (unpaired) electrons.